The molecule has 0 aromatic heterocycles. The molecule has 1 N–H and O–H groups in total. The maximum absolute atomic E-state index is 12.8. The van der Waals surface area contributed by atoms with E-state index in [-0.39, 0.29) is 24.6 Å². The molecule has 2 heterocycles. The first-order chi connectivity index (χ1) is 14.1. The van der Waals surface area contributed by atoms with Crippen LogP contribution in [-0.4, -0.2) is 49.2 Å². The van der Waals surface area contributed by atoms with E-state index in [1.165, 1.54) is 0 Å². The minimum atomic E-state index is -0.103. The van der Waals surface area contributed by atoms with Crippen molar-refractivity contribution in [2.24, 2.45) is 0 Å². The molecule has 152 valence electrons. The van der Waals surface area contributed by atoms with Gasteiger partial charge in [-0.3, -0.25) is 9.59 Å². The Bertz CT molecular complexity index is 889. The van der Waals surface area contributed by atoms with Crippen LogP contribution in [0.3, 0.4) is 0 Å². The van der Waals surface area contributed by atoms with Crippen LogP contribution in [0.4, 0.5) is 0 Å². The number of carbonyl (C=O) groups is 2. The summed E-state index contributed by atoms with van der Waals surface area (Å²) in [7, 11) is 0. The number of hydrogen-bond acceptors (Lipinski definition) is 5. The molecule has 0 bridgehead atoms. The van der Waals surface area contributed by atoms with Crippen LogP contribution in [-0.2, 0) is 0 Å². The number of nitrogens with one attached hydrogen (secondary N) is 1. The summed E-state index contributed by atoms with van der Waals surface area (Å²) in [5.74, 6) is 1.89. The molecular weight excluding hydrogens is 372 g/mol. The van der Waals surface area contributed by atoms with Gasteiger partial charge in [-0.15, -0.1) is 0 Å². The summed E-state index contributed by atoms with van der Waals surface area (Å²) in [5.41, 5.74) is 1.19. The summed E-state index contributed by atoms with van der Waals surface area (Å²) in [6.45, 7) is 3.90. The van der Waals surface area contributed by atoms with Gasteiger partial charge in [-0.1, -0.05) is 0 Å². The molecule has 0 radical (unpaired) electrons. The van der Waals surface area contributed by atoms with Crippen molar-refractivity contribution in [3.63, 3.8) is 0 Å². The van der Waals surface area contributed by atoms with Crippen molar-refractivity contribution in [3.05, 3.63) is 53.6 Å². The molecule has 0 saturated carbocycles. The quantitative estimate of drug-likeness (QED) is 0.841. The topological polar surface area (TPSA) is 77.1 Å². The molecule has 2 amide bonds. The lowest BCUT2D eigenvalue weighted by atomic mass is 10.0. The predicted octanol–water partition coefficient (Wildman–Crippen LogP) is 2.85. The van der Waals surface area contributed by atoms with Crippen LogP contribution in [0.2, 0.25) is 0 Å². The normalized spacial score (nSPS) is 15.8. The molecule has 2 aliphatic heterocycles. The molecule has 1 fully saturated rings. The first-order valence-electron chi connectivity index (χ1n) is 9.86. The van der Waals surface area contributed by atoms with Gasteiger partial charge in [0.25, 0.3) is 11.8 Å². The maximum atomic E-state index is 12.8. The zero-order valence-electron chi connectivity index (χ0n) is 16.3. The minimum Gasteiger partial charge on any atom is -0.494 e. The van der Waals surface area contributed by atoms with Gasteiger partial charge in [0.05, 0.1) is 6.61 Å². The fourth-order valence-corrected chi connectivity index (χ4v) is 3.58. The molecule has 2 aliphatic rings. The monoisotopic (exact) mass is 396 g/mol. The zero-order valence-corrected chi connectivity index (χ0v) is 16.3. The third-order valence-electron chi connectivity index (χ3n) is 5.16. The highest BCUT2D eigenvalue weighted by Crippen LogP contribution is 2.33. The van der Waals surface area contributed by atoms with Gasteiger partial charge in [0.1, 0.15) is 5.75 Å². The third-order valence-corrected chi connectivity index (χ3v) is 5.16. The van der Waals surface area contributed by atoms with Gasteiger partial charge in [0.2, 0.25) is 6.79 Å². The Morgan fingerprint density at radius 1 is 1.03 bits per heavy atom. The molecule has 1 saturated heterocycles. The Kier molecular flexibility index (Phi) is 5.55. The van der Waals surface area contributed by atoms with Gasteiger partial charge in [-0.05, 0) is 62.2 Å². The predicted molar refractivity (Wildman–Crippen MR) is 107 cm³/mol. The van der Waals surface area contributed by atoms with Crippen LogP contribution in [0, 0.1) is 0 Å². The third kappa shape index (κ3) is 4.29. The molecule has 0 unspecified atom stereocenters. The van der Waals surface area contributed by atoms with Crippen LogP contribution in [0.25, 0.3) is 0 Å². The Balaban J connectivity index is 1.30. The highest BCUT2D eigenvalue weighted by atomic mass is 16.7. The van der Waals surface area contributed by atoms with Crippen LogP contribution >= 0.6 is 0 Å². The number of piperidine rings is 1. The van der Waals surface area contributed by atoms with E-state index in [4.69, 9.17) is 14.2 Å². The Hall–Kier alpha value is -3.22. The first-order valence-corrected chi connectivity index (χ1v) is 9.86. The van der Waals surface area contributed by atoms with Crippen molar-refractivity contribution < 1.29 is 23.8 Å². The highest BCUT2D eigenvalue weighted by molar-refractivity contribution is 5.95. The van der Waals surface area contributed by atoms with Gasteiger partial charge < -0.3 is 24.4 Å². The van der Waals surface area contributed by atoms with Crippen LogP contribution in [0.5, 0.6) is 17.2 Å². The molecular formula is C22H24N2O5. The Morgan fingerprint density at radius 2 is 1.72 bits per heavy atom. The standard InChI is InChI=1S/C22H24N2O5/c1-2-27-18-6-3-15(4-7-18)21(25)23-17-9-11-24(12-10-17)22(26)16-5-8-19-20(13-16)29-14-28-19/h3-8,13,17H,2,9-12,14H2,1H3,(H,23,25). The second kappa shape index (κ2) is 8.43. The second-order valence-corrected chi connectivity index (χ2v) is 7.07. The molecule has 7 heteroatoms. The number of fused-ring (bicyclic) bond motifs is 1. The highest BCUT2D eigenvalue weighted by Gasteiger charge is 2.26. The minimum absolute atomic E-state index is 0.0282. The number of carbonyl (C=O) groups excluding carboxylic acids is 2. The van der Waals surface area contributed by atoms with E-state index < -0.39 is 0 Å². The lowest BCUT2D eigenvalue weighted by Gasteiger charge is -2.32. The van der Waals surface area contributed by atoms with Crippen molar-refractivity contribution in [2.45, 2.75) is 25.8 Å². The van der Waals surface area contributed by atoms with Gasteiger partial charge in [-0.2, -0.15) is 0 Å². The van der Waals surface area contributed by atoms with E-state index in [9.17, 15) is 9.59 Å². The Labute approximate surface area is 169 Å². The van der Waals surface area contributed by atoms with Crippen LogP contribution < -0.4 is 19.5 Å². The molecule has 7 nitrogen and oxygen atoms in total. The fraction of sp³-hybridized carbons (Fsp3) is 0.364. The number of rotatable bonds is 5. The molecule has 29 heavy (non-hydrogen) atoms. The average Bonchev–Trinajstić information content (AvgIpc) is 3.22. The van der Waals surface area contributed by atoms with E-state index in [1.807, 2.05) is 11.8 Å². The number of nitrogens with zero attached hydrogens (tertiary/aromatic N) is 1. The summed E-state index contributed by atoms with van der Waals surface area (Å²) in [4.78, 5) is 27.1. The lowest BCUT2D eigenvalue weighted by molar-refractivity contribution is 0.0697. The number of ether oxygens (including phenoxy) is 3. The van der Waals surface area contributed by atoms with Crippen molar-refractivity contribution in [1.82, 2.24) is 10.2 Å². The van der Waals surface area contributed by atoms with Crippen molar-refractivity contribution in [1.29, 1.82) is 0 Å². The molecule has 2 aromatic carbocycles. The Morgan fingerprint density at radius 3 is 2.45 bits per heavy atom. The number of likely N-dealkylation sites (tertiary alicyclic amines) is 1. The first kappa shape index (κ1) is 19.1. The average molecular weight is 396 g/mol. The summed E-state index contributed by atoms with van der Waals surface area (Å²) < 4.78 is 16.0. The number of hydrogen-bond donors (Lipinski definition) is 1. The van der Waals surface area contributed by atoms with Gasteiger partial charge in [0.15, 0.2) is 11.5 Å². The summed E-state index contributed by atoms with van der Waals surface area (Å²) >= 11 is 0. The van der Waals surface area contributed by atoms with E-state index in [0.717, 1.165) is 18.6 Å². The largest absolute Gasteiger partial charge is 0.494 e. The summed E-state index contributed by atoms with van der Waals surface area (Å²) in [6, 6.07) is 12.4. The summed E-state index contributed by atoms with van der Waals surface area (Å²) in [5, 5.41) is 3.07. The van der Waals surface area contributed by atoms with E-state index in [1.54, 1.807) is 42.5 Å². The molecule has 0 atom stereocenters. The van der Waals surface area contributed by atoms with E-state index in [2.05, 4.69) is 5.32 Å². The second-order valence-electron chi connectivity index (χ2n) is 7.07. The molecule has 4 rings (SSSR count). The van der Waals surface area contributed by atoms with Gasteiger partial charge in [-0.25, -0.2) is 0 Å². The van der Waals surface area contributed by atoms with E-state index in [0.29, 0.717) is 42.3 Å². The maximum Gasteiger partial charge on any atom is 0.253 e. The van der Waals surface area contributed by atoms with Crippen LogP contribution in [0.1, 0.15) is 40.5 Å². The molecule has 0 aliphatic carbocycles. The van der Waals surface area contributed by atoms with Crippen molar-refractivity contribution in [2.75, 3.05) is 26.5 Å². The van der Waals surface area contributed by atoms with Crippen molar-refractivity contribution >= 4 is 11.8 Å². The van der Waals surface area contributed by atoms with Crippen LogP contribution in [0.15, 0.2) is 42.5 Å². The van der Waals surface area contributed by atoms with Gasteiger partial charge >= 0.3 is 0 Å². The fourth-order valence-electron chi connectivity index (χ4n) is 3.58. The van der Waals surface area contributed by atoms with Gasteiger partial charge in [0, 0.05) is 30.3 Å². The van der Waals surface area contributed by atoms with Crippen molar-refractivity contribution in [3.8, 4) is 17.2 Å². The lowest BCUT2D eigenvalue weighted by Crippen LogP contribution is -2.46. The smallest absolute Gasteiger partial charge is 0.253 e. The number of amides is 2. The molecule has 0 spiro atoms. The summed E-state index contributed by atoms with van der Waals surface area (Å²) in [6.07, 6.45) is 1.44. The molecule has 2 aromatic rings. The van der Waals surface area contributed by atoms with E-state index >= 15 is 0 Å². The SMILES string of the molecule is CCOc1ccc(C(=O)NC2CCN(C(=O)c3ccc4c(c3)OCO4)CC2)cc1. The number of benzene rings is 2. The zero-order chi connectivity index (χ0) is 20.2.